The molecule has 2 nitrogen and oxygen atoms in total. The minimum Gasteiger partial charge on any atom is -0.392 e. The van der Waals surface area contributed by atoms with Crippen LogP contribution in [0.4, 0.5) is 0 Å². The van der Waals surface area contributed by atoms with Crippen molar-refractivity contribution < 1.29 is 5.11 Å². The lowest BCUT2D eigenvalue weighted by atomic mass is 9.64. The van der Waals surface area contributed by atoms with Crippen LogP contribution in [0.15, 0.2) is 6.07 Å². The monoisotopic (exact) mass is 271 g/mol. The van der Waals surface area contributed by atoms with Crippen LogP contribution in [0.2, 0.25) is 4.34 Å². The molecule has 3 rings (SSSR count). The number of nitrogens with one attached hydrogen (secondary N) is 1. The summed E-state index contributed by atoms with van der Waals surface area (Å²) in [5.41, 5.74) is 1.39. The van der Waals surface area contributed by atoms with Gasteiger partial charge >= 0.3 is 0 Å². The van der Waals surface area contributed by atoms with Crippen LogP contribution in [0.5, 0.6) is 0 Å². The Kier molecular flexibility index (Phi) is 2.78. The quantitative estimate of drug-likeness (QED) is 0.866. The molecular weight excluding hydrogens is 254 g/mol. The van der Waals surface area contributed by atoms with Gasteiger partial charge in [-0.1, -0.05) is 25.4 Å². The second kappa shape index (κ2) is 3.95. The van der Waals surface area contributed by atoms with Gasteiger partial charge in [0.2, 0.25) is 0 Å². The lowest BCUT2D eigenvalue weighted by molar-refractivity contribution is -0.0760. The average molecular weight is 272 g/mol. The van der Waals surface area contributed by atoms with Gasteiger partial charge in [-0.25, -0.2) is 0 Å². The lowest BCUT2D eigenvalue weighted by Crippen LogP contribution is -2.60. The first-order valence-electron chi connectivity index (χ1n) is 6.20. The maximum Gasteiger partial charge on any atom is 0.0934 e. The fourth-order valence-corrected chi connectivity index (χ4v) is 4.29. The van der Waals surface area contributed by atoms with Crippen molar-refractivity contribution in [1.82, 2.24) is 5.32 Å². The van der Waals surface area contributed by atoms with E-state index < -0.39 is 0 Å². The van der Waals surface area contributed by atoms with E-state index in [0.717, 1.165) is 17.2 Å². The third kappa shape index (κ3) is 1.84. The van der Waals surface area contributed by atoms with Crippen LogP contribution >= 0.6 is 22.9 Å². The fourth-order valence-electron chi connectivity index (χ4n) is 2.93. The first-order chi connectivity index (χ1) is 7.98. The molecule has 2 aliphatic rings. The Labute approximate surface area is 111 Å². The molecule has 1 saturated carbocycles. The predicted molar refractivity (Wildman–Crippen MR) is 71.7 cm³/mol. The van der Waals surface area contributed by atoms with Gasteiger partial charge in [0.05, 0.1) is 10.4 Å². The van der Waals surface area contributed by atoms with E-state index >= 15 is 0 Å². The van der Waals surface area contributed by atoms with Crippen molar-refractivity contribution in [3.05, 3.63) is 20.8 Å². The molecule has 17 heavy (non-hydrogen) atoms. The van der Waals surface area contributed by atoms with Crippen molar-refractivity contribution in [2.24, 2.45) is 5.41 Å². The summed E-state index contributed by atoms with van der Waals surface area (Å²) in [7, 11) is 0. The van der Waals surface area contributed by atoms with Gasteiger partial charge in [0.1, 0.15) is 0 Å². The van der Waals surface area contributed by atoms with Gasteiger partial charge in [-0.2, -0.15) is 0 Å². The third-order valence-electron chi connectivity index (χ3n) is 4.47. The zero-order chi connectivity index (χ0) is 12.2. The molecule has 4 heteroatoms. The molecule has 0 radical (unpaired) electrons. The highest BCUT2D eigenvalue weighted by Crippen LogP contribution is 2.45. The van der Waals surface area contributed by atoms with E-state index in [9.17, 15) is 5.11 Å². The first kappa shape index (κ1) is 12.0. The summed E-state index contributed by atoms with van der Waals surface area (Å²) in [5.74, 6) is 0. The Hall–Kier alpha value is -0.0900. The van der Waals surface area contributed by atoms with Crippen molar-refractivity contribution in [3.63, 3.8) is 0 Å². The molecule has 0 aliphatic heterocycles. The average Bonchev–Trinajstić information content (AvgIpc) is 2.78. The maximum atomic E-state index is 9.76. The van der Waals surface area contributed by atoms with E-state index in [1.165, 1.54) is 16.9 Å². The van der Waals surface area contributed by atoms with Gasteiger partial charge in [0.25, 0.3) is 0 Å². The largest absolute Gasteiger partial charge is 0.392 e. The molecule has 2 aliphatic carbocycles. The number of thiophene rings is 1. The molecule has 0 saturated heterocycles. The van der Waals surface area contributed by atoms with Gasteiger partial charge in [-0.3, -0.25) is 0 Å². The summed E-state index contributed by atoms with van der Waals surface area (Å²) >= 11 is 7.77. The fraction of sp³-hybridized carbons (Fsp3) is 0.692. The normalized spacial score (nSPS) is 34.5. The highest BCUT2D eigenvalue weighted by molar-refractivity contribution is 7.16. The molecule has 0 bridgehead atoms. The van der Waals surface area contributed by atoms with Crippen LogP contribution in [-0.4, -0.2) is 17.3 Å². The summed E-state index contributed by atoms with van der Waals surface area (Å²) in [4.78, 5) is 1.44. The molecule has 2 N–H and O–H groups in total. The summed E-state index contributed by atoms with van der Waals surface area (Å²) in [6, 6.07) is 2.96. The van der Waals surface area contributed by atoms with Crippen LogP contribution in [0.25, 0.3) is 0 Å². The van der Waals surface area contributed by atoms with Crippen LogP contribution in [0, 0.1) is 5.41 Å². The molecule has 0 aromatic carbocycles. The van der Waals surface area contributed by atoms with E-state index in [0.29, 0.717) is 12.1 Å². The second-order valence-corrected chi connectivity index (χ2v) is 7.58. The number of aliphatic hydroxyl groups is 1. The summed E-state index contributed by atoms with van der Waals surface area (Å²) in [6.45, 7) is 4.27. The summed E-state index contributed by atoms with van der Waals surface area (Å²) in [5, 5.41) is 13.5. The molecule has 1 aromatic rings. The first-order valence-corrected chi connectivity index (χ1v) is 7.40. The van der Waals surface area contributed by atoms with Crippen LogP contribution in [0.1, 0.15) is 43.2 Å². The molecule has 3 atom stereocenters. The number of rotatable bonds is 2. The minimum atomic E-state index is -0.160. The molecule has 3 unspecified atom stereocenters. The van der Waals surface area contributed by atoms with Gasteiger partial charge in [0, 0.05) is 22.4 Å². The zero-order valence-electron chi connectivity index (χ0n) is 10.2. The number of fused-ring (bicyclic) bond motifs is 1. The number of hydrogen-bond acceptors (Lipinski definition) is 3. The maximum absolute atomic E-state index is 9.76. The summed E-state index contributed by atoms with van der Waals surface area (Å²) in [6.07, 6.45) is 3.02. The van der Waals surface area contributed by atoms with E-state index in [2.05, 4.69) is 25.2 Å². The number of hydrogen-bond donors (Lipinski definition) is 2. The Balaban J connectivity index is 1.72. The Morgan fingerprint density at radius 1 is 1.53 bits per heavy atom. The Bertz CT molecular complexity index is 443. The molecule has 1 aromatic heterocycles. The molecule has 1 fully saturated rings. The SMILES string of the molecule is CC1(C)C(O)CC1NC1CCc2sc(Cl)cc21. The van der Waals surface area contributed by atoms with E-state index in [-0.39, 0.29) is 11.5 Å². The van der Waals surface area contributed by atoms with E-state index in [1.54, 1.807) is 11.3 Å². The van der Waals surface area contributed by atoms with Crippen LogP contribution in [-0.2, 0) is 6.42 Å². The second-order valence-electron chi connectivity index (χ2n) is 5.81. The van der Waals surface area contributed by atoms with Crippen molar-refractivity contribution in [2.75, 3.05) is 0 Å². The van der Waals surface area contributed by atoms with E-state index in [1.807, 2.05) is 0 Å². The molecule has 1 heterocycles. The lowest BCUT2D eigenvalue weighted by Gasteiger charge is -2.50. The van der Waals surface area contributed by atoms with Gasteiger partial charge in [0.15, 0.2) is 0 Å². The van der Waals surface area contributed by atoms with Crippen molar-refractivity contribution in [3.8, 4) is 0 Å². The standard InChI is InChI=1S/C13H18ClNOS/c1-13(2)10(6-11(13)16)15-8-3-4-9-7(8)5-12(14)17-9/h5,8,10-11,15-16H,3-4,6H2,1-2H3. The number of aryl methyl sites for hydroxylation is 1. The number of aliphatic hydroxyl groups excluding tert-OH is 1. The van der Waals surface area contributed by atoms with Crippen LogP contribution < -0.4 is 5.32 Å². The molecule has 94 valence electrons. The van der Waals surface area contributed by atoms with Gasteiger partial charge < -0.3 is 10.4 Å². The highest BCUT2D eigenvalue weighted by Gasteiger charge is 2.48. The van der Waals surface area contributed by atoms with Gasteiger partial charge in [-0.05, 0) is 30.9 Å². The topological polar surface area (TPSA) is 32.3 Å². The highest BCUT2D eigenvalue weighted by atomic mass is 35.5. The Morgan fingerprint density at radius 3 is 2.94 bits per heavy atom. The third-order valence-corrected chi connectivity index (χ3v) is 5.81. The van der Waals surface area contributed by atoms with Crippen molar-refractivity contribution in [1.29, 1.82) is 0 Å². The predicted octanol–water partition coefficient (Wildman–Crippen LogP) is 3.14. The summed E-state index contributed by atoms with van der Waals surface area (Å²) < 4.78 is 0.898. The minimum absolute atomic E-state index is 0.00255. The zero-order valence-corrected chi connectivity index (χ0v) is 11.7. The number of halogens is 1. The molecular formula is C13H18ClNOS. The van der Waals surface area contributed by atoms with Crippen LogP contribution in [0.3, 0.4) is 0 Å². The molecule has 0 spiro atoms. The smallest absolute Gasteiger partial charge is 0.0934 e. The Morgan fingerprint density at radius 2 is 2.29 bits per heavy atom. The molecule has 0 amide bonds. The van der Waals surface area contributed by atoms with Crippen molar-refractivity contribution >= 4 is 22.9 Å². The van der Waals surface area contributed by atoms with E-state index in [4.69, 9.17) is 11.6 Å². The van der Waals surface area contributed by atoms with Gasteiger partial charge in [-0.15, -0.1) is 11.3 Å². The van der Waals surface area contributed by atoms with Crippen molar-refractivity contribution in [2.45, 2.75) is 51.3 Å².